The van der Waals surface area contributed by atoms with Crippen molar-refractivity contribution >= 4 is 40.3 Å². The number of likely N-dealkylation sites (tertiary alicyclic amines) is 1. The fourth-order valence-electron chi connectivity index (χ4n) is 4.31. The Bertz CT molecular complexity index is 1100. The van der Waals surface area contributed by atoms with E-state index in [1.165, 1.54) is 28.1 Å². The van der Waals surface area contributed by atoms with Crippen molar-refractivity contribution in [1.29, 1.82) is 0 Å². The van der Waals surface area contributed by atoms with Gasteiger partial charge in [-0.2, -0.15) is 0 Å². The van der Waals surface area contributed by atoms with E-state index < -0.39 is 5.97 Å². The number of halogens is 1. The first kappa shape index (κ1) is 26.0. The van der Waals surface area contributed by atoms with Gasteiger partial charge in [-0.05, 0) is 67.7 Å². The summed E-state index contributed by atoms with van der Waals surface area (Å²) in [6, 6.07) is 8.43. The third-order valence-corrected chi connectivity index (χ3v) is 6.62. The Morgan fingerprint density at radius 3 is 2.38 bits per heavy atom. The van der Waals surface area contributed by atoms with Crippen molar-refractivity contribution in [2.75, 3.05) is 34.4 Å². The van der Waals surface area contributed by atoms with Crippen LogP contribution in [0.3, 0.4) is 0 Å². The lowest BCUT2D eigenvalue weighted by atomic mass is 9.87. The molecule has 1 aliphatic heterocycles. The van der Waals surface area contributed by atoms with Crippen LogP contribution in [0, 0.1) is 3.57 Å². The number of Topliss-reactive ketones (excluding diaryl/α,β-unsaturated/α-hetero) is 1. The van der Waals surface area contributed by atoms with Crippen molar-refractivity contribution in [2.45, 2.75) is 32.2 Å². The molecule has 3 rings (SSSR count). The fraction of sp³-hybridized carbons (Fsp3) is 0.400. The van der Waals surface area contributed by atoms with E-state index in [9.17, 15) is 14.4 Å². The number of ketones is 1. The smallest absolute Gasteiger partial charge is 0.343 e. The quantitative estimate of drug-likeness (QED) is 0.200. The summed E-state index contributed by atoms with van der Waals surface area (Å²) in [6.45, 7) is 3.64. The van der Waals surface area contributed by atoms with Gasteiger partial charge < -0.3 is 18.9 Å². The molecule has 0 aliphatic carbocycles. The number of likely N-dealkylation sites (N-methyl/N-ethyl adjacent to an activating group) is 1. The van der Waals surface area contributed by atoms with Crippen LogP contribution >= 0.6 is 22.6 Å². The zero-order valence-corrected chi connectivity index (χ0v) is 22.0. The highest BCUT2D eigenvalue weighted by molar-refractivity contribution is 14.1. The average molecular weight is 581 g/mol. The van der Waals surface area contributed by atoms with Crippen molar-refractivity contribution in [2.24, 2.45) is 0 Å². The molecule has 0 amide bonds. The lowest BCUT2D eigenvalue weighted by molar-refractivity contribution is -0.142. The molecule has 1 fully saturated rings. The SMILES string of the molecule is COc1cc(OC)c(C2CCN(C)C2COC(C)=O)c(OC(=O)c2cccc(I)c2)c1C(C)=O. The van der Waals surface area contributed by atoms with Crippen LogP contribution in [0.15, 0.2) is 30.3 Å². The van der Waals surface area contributed by atoms with E-state index in [0.29, 0.717) is 23.3 Å². The Balaban J connectivity index is 2.19. The maximum Gasteiger partial charge on any atom is 0.343 e. The van der Waals surface area contributed by atoms with Crippen LogP contribution in [-0.4, -0.2) is 63.1 Å². The third kappa shape index (κ3) is 5.52. The Kier molecular flexibility index (Phi) is 8.53. The van der Waals surface area contributed by atoms with E-state index in [1.54, 1.807) is 24.3 Å². The predicted octanol–water partition coefficient (Wildman–Crippen LogP) is 4.08. The number of rotatable bonds is 8. The number of hydrogen-bond acceptors (Lipinski definition) is 8. The first-order valence-electron chi connectivity index (χ1n) is 10.8. The van der Waals surface area contributed by atoms with Crippen molar-refractivity contribution in [3.63, 3.8) is 0 Å². The molecule has 1 heterocycles. The molecule has 0 aromatic heterocycles. The van der Waals surface area contributed by atoms with Gasteiger partial charge in [0.1, 0.15) is 23.7 Å². The molecular formula is C25H28INO7. The summed E-state index contributed by atoms with van der Waals surface area (Å²) in [6.07, 6.45) is 0.691. The Morgan fingerprint density at radius 2 is 1.79 bits per heavy atom. The number of carbonyl (C=O) groups is 3. The van der Waals surface area contributed by atoms with E-state index >= 15 is 0 Å². The van der Waals surface area contributed by atoms with E-state index in [4.69, 9.17) is 18.9 Å². The molecular weight excluding hydrogens is 553 g/mol. The van der Waals surface area contributed by atoms with Crippen molar-refractivity contribution in [3.05, 3.63) is 50.6 Å². The van der Waals surface area contributed by atoms with Crippen molar-refractivity contribution in [1.82, 2.24) is 4.90 Å². The minimum absolute atomic E-state index is 0.112. The summed E-state index contributed by atoms with van der Waals surface area (Å²) >= 11 is 2.12. The Hall–Kier alpha value is -2.66. The summed E-state index contributed by atoms with van der Waals surface area (Å²) in [7, 11) is 4.89. The van der Waals surface area contributed by atoms with Gasteiger partial charge >= 0.3 is 11.9 Å². The summed E-state index contributed by atoms with van der Waals surface area (Å²) in [5, 5.41) is 0. The maximum absolute atomic E-state index is 13.2. The number of hydrogen-bond donors (Lipinski definition) is 0. The maximum atomic E-state index is 13.2. The zero-order chi connectivity index (χ0) is 25.0. The topological polar surface area (TPSA) is 91.4 Å². The number of methoxy groups -OCH3 is 2. The molecule has 2 atom stereocenters. The molecule has 182 valence electrons. The Labute approximate surface area is 212 Å². The Morgan fingerprint density at radius 1 is 1.09 bits per heavy atom. The minimum atomic E-state index is -0.597. The highest BCUT2D eigenvalue weighted by atomic mass is 127. The summed E-state index contributed by atoms with van der Waals surface area (Å²) in [5.74, 6) is -0.713. The first-order valence-corrected chi connectivity index (χ1v) is 11.9. The van der Waals surface area contributed by atoms with Crippen LogP contribution in [0.4, 0.5) is 0 Å². The first-order chi connectivity index (χ1) is 16.2. The molecule has 2 aromatic rings. The van der Waals surface area contributed by atoms with Crippen LogP contribution in [0.5, 0.6) is 17.2 Å². The third-order valence-electron chi connectivity index (χ3n) is 5.94. The van der Waals surface area contributed by atoms with Gasteiger partial charge in [0.05, 0.1) is 25.8 Å². The fourth-order valence-corrected chi connectivity index (χ4v) is 4.85. The minimum Gasteiger partial charge on any atom is -0.496 e. The summed E-state index contributed by atoms with van der Waals surface area (Å²) < 4.78 is 23.3. The highest BCUT2D eigenvalue weighted by Crippen LogP contribution is 2.48. The standard InChI is InChI=1S/C25H28INO7/c1-14(28)22-20(31-4)12-21(32-5)23(18-9-10-27(3)19(18)13-33-15(2)29)24(22)34-25(30)16-7-6-8-17(26)11-16/h6-8,11-12,18-19H,9-10,13H2,1-5H3. The number of carbonyl (C=O) groups excluding carboxylic acids is 3. The second kappa shape index (κ2) is 11.2. The monoisotopic (exact) mass is 581 g/mol. The lowest BCUT2D eigenvalue weighted by Crippen LogP contribution is -2.34. The van der Waals surface area contributed by atoms with E-state index in [-0.39, 0.29) is 47.4 Å². The normalized spacial score (nSPS) is 17.8. The second-order valence-electron chi connectivity index (χ2n) is 8.10. The number of ether oxygens (including phenoxy) is 4. The van der Waals surface area contributed by atoms with E-state index in [2.05, 4.69) is 27.5 Å². The molecule has 2 unspecified atom stereocenters. The molecule has 1 aliphatic rings. The molecule has 0 saturated carbocycles. The zero-order valence-electron chi connectivity index (χ0n) is 19.8. The van der Waals surface area contributed by atoms with Gasteiger partial charge in [-0.25, -0.2) is 4.79 Å². The van der Waals surface area contributed by atoms with Gasteiger partial charge in [0.15, 0.2) is 11.5 Å². The molecule has 0 spiro atoms. The van der Waals surface area contributed by atoms with Crippen LogP contribution in [-0.2, 0) is 9.53 Å². The number of benzene rings is 2. The van der Waals surface area contributed by atoms with Crippen LogP contribution < -0.4 is 14.2 Å². The van der Waals surface area contributed by atoms with Gasteiger partial charge in [0.25, 0.3) is 0 Å². The van der Waals surface area contributed by atoms with Gasteiger partial charge in [-0.1, -0.05) is 6.07 Å². The molecule has 1 saturated heterocycles. The lowest BCUT2D eigenvalue weighted by Gasteiger charge is -2.28. The van der Waals surface area contributed by atoms with Gasteiger partial charge in [0.2, 0.25) is 0 Å². The highest BCUT2D eigenvalue weighted by Gasteiger charge is 2.40. The molecule has 34 heavy (non-hydrogen) atoms. The van der Waals surface area contributed by atoms with Gasteiger partial charge in [0, 0.05) is 28.0 Å². The van der Waals surface area contributed by atoms with Crippen molar-refractivity contribution < 1.29 is 33.3 Å². The predicted molar refractivity (Wildman–Crippen MR) is 134 cm³/mol. The average Bonchev–Trinajstić information content (AvgIpc) is 3.16. The number of esters is 2. The molecule has 0 N–H and O–H groups in total. The number of nitrogens with zero attached hydrogens (tertiary/aromatic N) is 1. The van der Waals surface area contributed by atoms with Crippen molar-refractivity contribution in [3.8, 4) is 17.2 Å². The van der Waals surface area contributed by atoms with Gasteiger partial charge in [-0.15, -0.1) is 0 Å². The largest absolute Gasteiger partial charge is 0.496 e. The second-order valence-corrected chi connectivity index (χ2v) is 9.35. The van der Waals surface area contributed by atoms with Gasteiger partial charge in [-0.3, -0.25) is 14.5 Å². The van der Waals surface area contributed by atoms with Crippen LogP contribution in [0.1, 0.15) is 52.5 Å². The summed E-state index contributed by atoms with van der Waals surface area (Å²) in [4.78, 5) is 39.5. The molecule has 0 radical (unpaired) electrons. The van der Waals surface area contributed by atoms with E-state index in [0.717, 1.165) is 10.1 Å². The van der Waals surface area contributed by atoms with E-state index in [1.807, 2.05) is 13.1 Å². The molecule has 0 bridgehead atoms. The molecule has 8 nitrogen and oxygen atoms in total. The summed E-state index contributed by atoms with van der Waals surface area (Å²) in [5.41, 5.74) is 1.10. The molecule has 9 heteroatoms. The van der Waals surface area contributed by atoms with Crippen LogP contribution in [0.2, 0.25) is 0 Å². The molecule has 2 aromatic carbocycles. The van der Waals surface area contributed by atoms with Crippen LogP contribution in [0.25, 0.3) is 0 Å².